The third kappa shape index (κ3) is 9.89. The van der Waals surface area contributed by atoms with E-state index in [-0.39, 0.29) is 5.56 Å². The van der Waals surface area contributed by atoms with E-state index < -0.39 is 0 Å². The molecule has 0 saturated heterocycles. The van der Waals surface area contributed by atoms with Crippen molar-refractivity contribution in [1.82, 2.24) is 4.57 Å². The first kappa shape index (κ1) is 31.5. The number of benzene rings is 1. The Morgan fingerprint density at radius 1 is 1.00 bits per heavy atom. The van der Waals surface area contributed by atoms with E-state index in [2.05, 4.69) is 84.1 Å². The summed E-state index contributed by atoms with van der Waals surface area (Å²) < 4.78 is 14.4. The van der Waals surface area contributed by atoms with Crippen LogP contribution in [0.1, 0.15) is 99.8 Å². The van der Waals surface area contributed by atoms with Crippen molar-refractivity contribution >= 4 is 16.6 Å². The summed E-state index contributed by atoms with van der Waals surface area (Å²) in [6.07, 6.45) is 12.8. The Balaban J connectivity index is 2.43. The van der Waals surface area contributed by atoms with E-state index in [1.165, 1.54) is 11.1 Å². The lowest BCUT2D eigenvalue weighted by atomic mass is 10.1. The van der Waals surface area contributed by atoms with Crippen LogP contribution in [0.2, 0.25) is 0 Å². The largest absolute Gasteiger partial charge is 0.489 e. The molecule has 212 valence electrons. The summed E-state index contributed by atoms with van der Waals surface area (Å²) in [6.45, 7) is 17.6. The molecule has 1 unspecified atom stereocenters. The lowest BCUT2D eigenvalue weighted by molar-refractivity contribution is 0.226. The Labute approximate surface area is 231 Å². The van der Waals surface area contributed by atoms with Crippen LogP contribution in [0, 0.1) is 5.92 Å². The number of hydrogen-bond acceptors (Lipinski definition) is 4. The van der Waals surface area contributed by atoms with E-state index in [9.17, 15) is 4.79 Å². The van der Waals surface area contributed by atoms with Crippen LogP contribution in [0.5, 0.6) is 11.5 Å². The van der Waals surface area contributed by atoms with Crippen molar-refractivity contribution in [3.63, 3.8) is 0 Å². The van der Waals surface area contributed by atoms with Gasteiger partial charge in [-0.2, -0.15) is 0 Å². The van der Waals surface area contributed by atoms with Crippen LogP contribution >= 0.6 is 0 Å². The van der Waals surface area contributed by atoms with Gasteiger partial charge in [0.25, 0.3) is 5.56 Å². The van der Waals surface area contributed by atoms with Gasteiger partial charge in [0.1, 0.15) is 0 Å². The summed E-state index contributed by atoms with van der Waals surface area (Å²) in [5.74, 6) is 1.34. The number of ether oxygens (including phenoxy) is 2. The van der Waals surface area contributed by atoms with Gasteiger partial charge in [-0.15, -0.1) is 0 Å². The zero-order valence-electron chi connectivity index (χ0n) is 25.1. The smallest absolute Gasteiger partial charge is 0.297 e. The first-order chi connectivity index (χ1) is 18.3. The molecule has 5 nitrogen and oxygen atoms in total. The predicted molar refractivity (Wildman–Crippen MR) is 164 cm³/mol. The molecule has 5 heteroatoms. The standard InChI is InChI=1S/C33H52N2O3/c1-8-11-21-35-30-23-28(34-20-19-26(6)16-13-15-25(4)5)17-18-29(30)31(37-22-12-9-2)32(33(35)36)38-24-27(7)14-10-3/h15,17-19,23,27,34H,8-14,16,20-22,24H2,1-7H3. The maximum atomic E-state index is 13.8. The maximum absolute atomic E-state index is 13.8. The van der Waals surface area contributed by atoms with E-state index in [1.54, 1.807) is 0 Å². The number of nitrogens with one attached hydrogen (secondary N) is 1. The average Bonchev–Trinajstić information content (AvgIpc) is 2.88. The molecule has 1 aromatic carbocycles. The van der Waals surface area contributed by atoms with Crippen LogP contribution in [0.4, 0.5) is 5.69 Å². The van der Waals surface area contributed by atoms with Gasteiger partial charge in [0.15, 0.2) is 5.75 Å². The van der Waals surface area contributed by atoms with Crippen LogP contribution < -0.4 is 20.3 Å². The Morgan fingerprint density at radius 3 is 2.45 bits per heavy atom. The monoisotopic (exact) mass is 524 g/mol. The number of aromatic nitrogens is 1. The van der Waals surface area contributed by atoms with Crippen LogP contribution in [0.3, 0.4) is 0 Å². The minimum atomic E-state index is -0.0895. The first-order valence-corrected chi connectivity index (χ1v) is 14.8. The van der Waals surface area contributed by atoms with Gasteiger partial charge in [-0.1, -0.05) is 70.3 Å². The summed E-state index contributed by atoms with van der Waals surface area (Å²) in [6, 6.07) is 6.25. The molecule has 1 atom stereocenters. The molecule has 1 heterocycles. The van der Waals surface area contributed by atoms with Gasteiger partial charge in [-0.3, -0.25) is 4.79 Å². The molecular formula is C33H52N2O3. The zero-order chi connectivity index (χ0) is 27.9. The SMILES string of the molecule is CCCCOc1c(OCC(C)CCC)c(=O)n(CCCC)c2cc(NCC=C(C)CCC=C(C)C)ccc12. The number of unbranched alkanes of at least 4 members (excludes halogenated alkanes) is 2. The van der Waals surface area contributed by atoms with Gasteiger partial charge in [-0.05, 0) is 77.0 Å². The highest BCUT2D eigenvalue weighted by Crippen LogP contribution is 2.35. The van der Waals surface area contributed by atoms with Crippen molar-refractivity contribution in [2.45, 2.75) is 106 Å². The number of aryl methyl sites for hydroxylation is 1. The quantitative estimate of drug-likeness (QED) is 0.156. The van der Waals surface area contributed by atoms with Crippen LogP contribution in [-0.2, 0) is 6.54 Å². The second-order valence-electron chi connectivity index (χ2n) is 10.9. The number of nitrogens with zero attached hydrogens (tertiary/aromatic N) is 1. The second-order valence-corrected chi connectivity index (χ2v) is 10.9. The van der Waals surface area contributed by atoms with Crippen molar-refractivity contribution < 1.29 is 9.47 Å². The Morgan fingerprint density at radius 2 is 1.76 bits per heavy atom. The molecule has 0 aliphatic rings. The van der Waals surface area contributed by atoms with Gasteiger partial charge in [-0.25, -0.2) is 0 Å². The van der Waals surface area contributed by atoms with E-state index >= 15 is 0 Å². The highest BCUT2D eigenvalue weighted by molar-refractivity contribution is 5.90. The van der Waals surface area contributed by atoms with E-state index in [0.29, 0.717) is 37.2 Å². The lowest BCUT2D eigenvalue weighted by Gasteiger charge is -2.20. The van der Waals surface area contributed by atoms with Gasteiger partial charge in [0.2, 0.25) is 5.75 Å². The number of anilines is 1. The lowest BCUT2D eigenvalue weighted by Crippen LogP contribution is -2.25. The fraction of sp³-hybridized carbons (Fsp3) is 0.606. The van der Waals surface area contributed by atoms with E-state index in [0.717, 1.165) is 74.5 Å². The number of hydrogen-bond donors (Lipinski definition) is 1. The summed E-state index contributed by atoms with van der Waals surface area (Å²) in [5.41, 5.74) is 4.55. The molecule has 2 rings (SSSR count). The summed E-state index contributed by atoms with van der Waals surface area (Å²) in [4.78, 5) is 13.8. The molecule has 2 aromatic rings. The predicted octanol–water partition coefficient (Wildman–Crippen LogP) is 8.90. The average molecular weight is 525 g/mol. The van der Waals surface area contributed by atoms with Crippen molar-refractivity contribution in [2.75, 3.05) is 25.1 Å². The summed E-state index contributed by atoms with van der Waals surface area (Å²) in [5, 5.41) is 4.47. The molecule has 0 aliphatic carbocycles. The fourth-order valence-corrected chi connectivity index (χ4v) is 4.47. The Hall–Kier alpha value is -2.69. The maximum Gasteiger partial charge on any atom is 0.297 e. The molecule has 0 spiro atoms. The molecular weight excluding hydrogens is 472 g/mol. The fourth-order valence-electron chi connectivity index (χ4n) is 4.47. The van der Waals surface area contributed by atoms with Crippen LogP contribution in [-0.4, -0.2) is 24.3 Å². The number of rotatable bonds is 18. The third-order valence-corrected chi connectivity index (χ3v) is 6.80. The first-order valence-electron chi connectivity index (χ1n) is 14.8. The van der Waals surface area contributed by atoms with Gasteiger partial charge in [0.05, 0.1) is 18.7 Å². The molecule has 1 N–H and O–H groups in total. The van der Waals surface area contributed by atoms with Crippen molar-refractivity contribution in [3.8, 4) is 11.5 Å². The molecule has 0 fully saturated rings. The molecule has 38 heavy (non-hydrogen) atoms. The number of fused-ring (bicyclic) bond motifs is 1. The van der Waals surface area contributed by atoms with E-state index in [4.69, 9.17) is 9.47 Å². The molecule has 0 saturated carbocycles. The van der Waals surface area contributed by atoms with Crippen molar-refractivity contribution in [3.05, 3.63) is 51.9 Å². The Bertz CT molecular complexity index is 1110. The van der Waals surface area contributed by atoms with E-state index in [1.807, 2.05) is 4.57 Å². The minimum absolute atomic E-state index is 0.0895. The van der Waals surface area contributed by atoms with Gasteiger partial charge < -0.3 is 19.4 Å². The van der Waals surface area contributed by atoms with Crippen LogP contribution in [0.15, 0.2) is 46.3 Å². The molecule has 0 amide bonds. The molecule has 1 aromatic heterocycles. The minimum Gasteiger partial charge on any atom is -0.489 e. The Kier molecular flexibility index (Phi) is 14.1. The topological polar surface area (TPSA) is 52.5 Å². The summed E-state index contributed by atoms with van der Waals surface area (Å²) >= 11 is 0. The second kappa shape index (κ2) is 17.0. The highest BCUT2D eigenvalue weighted by atomic mass is 16.5. The molecule has 0 bridgehead atoms. The third-order valence-electron chi connectivity index (χ3n) is 6.80. The van der Waals surface area contributed by atoms with Crippen molar-refractivity contribution in [2.24, 2.45) is 5.92 Å². The van der Waals surface area contributed by atoms with Crippen LogP contribution in [0.25, 0.3) is 10.9 Å². The molecule has 0 aliphatic heterocycles. The zero-order valence-corrected chi connectivity index (χ0v) is 25.1. The summed E-state index contributed by atoms with van der Waals surface area (Å²) in [7, 11) is 0. The molecule has 0 radical (unpaired) electrons. The van der Waals surface area contributed by atoms with Gasteiger partial charge in [0, 0.05) is 24.2 Å². The number of allylic oxidation sites excluding steroid dienone is 3. The highest BCUT2D eigenvalue weighted by Gasteiger charge is 2.21. The van der Waals surface area contributed by atoms with Crippen molar-refractivity contribution in [1.29, 1.82) is 0 Å². The number of pyridine rings is 1. The van der Waals surface area contributed by atoms with Gasteiger partial charge >= 0.3 is 0 Å². The normalized spacial score (nSPS) is 12.4.